The summed E-state index contributed by atoms with van der Waals surface area (Å²) in [6, 6.07) is 13.5. The second kappa shape index (κ2) is 10.4. The van der Waals surface area contributed by atoms with E-state index in [4.69, 9.17) is 16.0 Å². The zero-order valence-electron chi connectivity index (χ0n) is 21.4. The predicted octanol–water partition coefficient (Wildman–Crippen LogP) is 6.88. The number of rotatable bonds is 6. The zero-order chi connectivity index (χ0) is 29.7. The Morgan fingerprint density at radius 2 is 1.71 bits per heavy atom. The fourth-order valence-corrected chi connectivity index (χ4v) is 5.55. The summed E-state index contributed by atoms with van der Waals surface area (Å²) in [6.07, 6.45) is -1.77. The van der Waals surface area contributed by atoms with E-state index in [0.29, 0.717) is 21.8 Å². The fourth-order valence-electron chi connectivity index (χ4n) is 4.47. The maximum Gasteiger partial charge on any atom is 0.434 e. The average molecular weight is 606 g/mol. The molecule has 0 aliphatic carbocycles. The smallest absolute Gasteiger partial charge is 0.434 e. The van der Waals surface area contributed by atoms with Gasteiger partial charge >= 0.3 is 6.18 Å². The van der Waals surface area contributed by atoms with Crippen molar-refractivity contribution in [1.82, 2.24) is 14.5 Å². The quantitative estimate of drug-likeness (QED) is 0.212. The topological polar surface area (TPSA) is 98.2 Å². The number of aliphatic hydroxyl groups is 1. The number of imidazole rings is 1. The Morgan fingerprint density at radius 3 is 2.32 bits per heavy atom. The molecule has 0 aliphatic heterocycles. The van der Waals surface area contributed by atoms with Crippen molar-refractivity contribution in [3.8, 4) is 39.4 Å². The molecule has 0 aliphatic rings. The van der Waals surface area contributed by atoms with E-state index in [1.807, 2.05) is 0 Å². The standard InChI is InChI=1S/C28H20ClF4N3O4S/c1-15-35-25(28(31,32)33)12-36(15)23-8-5-17(18-10-22(30)21(13-37)24(11-18)41(2,38)39)9-20(23)27-26(34-14-40-27)16-3-6-19(29)7-4-16/h3-12,14,37H,13H2,1-2H3. The first kappa shape index (κ1) is 28.5. The lowest BCUT2D eigenvalue weighted by Crippen LogP contribution is -2.06. The van der Waals surface area contributed by atoms with Crippen LogP contribution < -0.4 is 0 Å². The van der Waals surface area contributed by atoms with Crippen LogP contribution in [0.25, 0.3) is 39.4 Å². The molecule has 13 heteroatoms. The summed E-state index contributed by atoms with van der Waals surface area (Å²) >= 11 is 6.02. The Morgan fingerprint density at radius 1 is 1.02 bits per heavy atom. The summed E-state index contributed by atoms with van der Waals surface area (Å²) in [7, 11) is -3.92. The van der Waals surface area contributed by atoms with Gasteiger partial charge in [0.1, 0.15) is 17.3 Å². The zero-order valence-corrected chi connectivity index (χ0v) is 22.9. The molecule has 0 atom stereocenters. The summed E-state index contributed by atoms with van der Waals surface area (Å²) in [5, 5.41) is 10.1. The first-order valence-electron chi connectivity index (χ1n) is 11.9. The number of aliphatic hydroxyl groups excluding tert-OH is 1. The normalized spacial score (nSPS) is 12.2. The number of aromatic nitrogens is 3. The van der Waals surface area contributed by atoms with E-state index < -0.39 is 34.1 Å². The monoisotopic (exact) mass is 605 g/mol. The van der Waals surface area contributed by atoms with Gasteiger partial charge < -0.3 is 14.1 Å². The molecule has 0 unspecified atom stereocenters. The molecule has 0 saturated heterocycles. The number of hydrogen-bond acceptors (Lipinski definition) is 6. The Hall–Kier alpha value is -4.00. The number of alkyl halides is 3. The lowest BCUT2D eigenvalue weighted by molar-refractivity contribution is -0.141. The molecular weight excluding hydrogens is 586 g/mol. The van der Waals surface area contributed by atoms with Gasteiger partial charge in [0.2, 0.25) is 0 Å². The van der Waals surface area contributed by atoms with Crippen molar-refractivity contribution < 1.29 is 35.5 Å². The first-order valence-corrected chi connectivity index (χ1v) is 14.2. The number of nitrogens with zero attached hydrogens (tertiary/aromatic N) is 3. The molecule has 5 rings (SSSR count). The van der Waals surface area contributed by atoms with Gasteiger partial charge in [-0.1, -0.05) is 29.8 Å². The third kappa shape index (κ3) is 5.50. The third-order valence-corrected chi connectivity index (χ3v) is 7.82. The van der Waals surface area contributed by atoms with Gasteiger partial charge in [-0.15, -0.1) is 0 Å². The predicted molar refractivity (Wildman–Crippen MR) is 144 cm³/mol. The Labute approximate surface area is 236 Å². The number of halogens is 5. The van der Waals surface area contributed by atoms with Crippen LogP contribution >= 0.6 is 11.6 Å². The van der Waals surface area contributed by atoms with Gasteiger partial charge in [-0.25, -0.2) is 22.8 Å². The summed E-state index contributed by atoms with van der Waals surface area (Å²) < 4.78 is 87.2. The number of sulfone groups is 1. The van der Waals surface area contributed by atoms with Gasteiger partial charge in [-0.2, -0.15) is 13.2 Å². The molecule has 0 bridgehead atoms. The van der Waals surface area contributed by atoms with Crippen molar-refractivity contribution in [1.29, 1.82) is 0 Å². The summed E-state index contributed by atoms with van der Waals surface area (Å²) in [6.45, 7) is 0.581. The molecule has 5 aromatic rings. The van der Waals surface area contributed by atoms with E-state index >= 15 is 0 Å². The van der Waals surface area contributed by atoms with E-state index in [0.717, 1.165) is 18.5 Å². The van der Waals surface area contributed by atoms with Crippen molar-refractivity contribution in [2.45, 2.75) is 24.6 Å². The summed E-state index contributed by atoms with van der Waals surface area (Å²) in [5.41, 5.74) is 0.479. The van der Waals surface area contributed by atoms with Crippen molar-refractivity contribution in [2.75, 3.05) is 6.26 Å². The van der Waals surface area contributed by atoms with Crippen LogP contribution in [-0.4, -0.2) is 34.3 Å². The molecule has 0 fully saturated rings. The van der Waals surface area contributed by atoms with E-state index in [-0.39, 0.29) is 38.9 Å². The molecule has 0 saturated carbocycles. The third-order valence-electron chi connectivity index (χ3n) is 6.40. The lowest BCUT2D eigenvalue weighted by Gasteiger charge is -2.15. The minimum atomic E-state index is -4.69. The highest BCUT2D eigenvalue weighted by Gasteiger charge is 2.35. The van der Waals surface area contributed by atoms with E-state index in [9.17, 15) is 31.1 Å². The number of hydrogen-bond donors (Lipinski definition) is 1. The van der Waals surface area contributed by atoms with Gasteiger partial charge in [0, 0.05) is 34.2 Å². The first-order chi connectivity index (χ1) is 19.3. The van der Waals surface area contributed by atoms with Crippen LogP contribution in [-0.2, 0) is 22.6 Å². The van der Waals surface area contributed by atoms with Crippen LogP contribution in [0.1, 0.15) is 17.1 Å². The maximum atomic E-state index is 14.9. The molecular formula is C28H20ClF4N3O4S. The summed E-state index contributed by atoms with van der Waals surface area (Å²) in [5.74, 6) is -0.712. The summed E-state index contributed by atoms with van der Waals surface area (Å²) in [4.78, 5) is 7.57. The van der Waals surface area contributed by atoms with E-state index in [1.54, 1.807) is 24.3 Å². The van der Waals surface area contributed by atoms with E-state index in [2.05, 4.69) is 9.97 Å². The maximum absolute atomic E-state index is 14.9. The highest BCUT2D eigenvalue weighted by atomic mass is 35.5. The molecule has 0 amide bonds. The van der Waals surface area contributed by atoms with Crippen LogP contribution in [0.4, 0.5) is 17.6 Å². The van der Waals surface area contributed by atoms with Crippen LogP contribution in [0.3, 0.4) is 0 Å². The molecule has 0 radical (unpaired) electrons. The molecule has 2 heterocycles. The second-order valence-electron chi connectivity index (χ2n) is 9.18. The molecule has 41 heavy (non-hydrogen) atoms. The fraction of sp³-hybridized carbons (Fsp3) is 0.143. The highest BCUT2D eigenvalue weighted by Crippen LogP contribution is 2.40. The van der Waals surface area contributed by atoms with Crippen molar-refractivity contribution >= 4 is 21.4 Å². The lowest BCUT2D eigenvalue weighted by atomic mass is 9.97. The van der Waals surface area contributed by atoms with Crippen molar-refractivity contribution in [3.63, 3.8) is 0 Å². The van der Waals surface area contributed by atoms with Crippen molar-refractivity contribution in [3.05, 3.63) is 95.1 Å². The second-order valence-corrected chi connectivity index (χ2v) is 11.6. The van der Waals surface area contributed by atoms with Crippen LogP contribution in [0, 0.1) is 12.7 Å². The van der Waals surface area contributed by atoms with Gasteiger partial charge in [0.05, 0.1) is 17.2 Å². The van der Waals surface area contributed by atoms with E-state index in [1.165, 1.54) is 42.1 Å². The van der Waals surface area contributed by atoms with Gasteiger partial charge in [-0.3, -0.25) is 0 Å². The van der Waals surface area contributed by atoms with Gasteiger partial charge in [0.15, 0.2) is 27.7 Å². The number of benzene rings is 3. The SMILES string of the molecule is Cc1nc(C(F)(F)F)cn1-c1ccc(-c2cc(F)c(CO)c(S(C)(=O)=O)c2)cc1-c1ocnc1-c1ccc(Cl)cc1. The van der Waals surface area contributed by atoms with Gasteiger partial charge in [-0.05, 0) is 54.4 Å². The molecule has 3 aromatic carbocycles. The van der Waals surface area contributed by atoms with Crippen LogP contribution in [0.2, 0.25) is 5.02 Å². The highest BCUT2D eigenvalue weighted by molar-refractivity contribution is 7.90. The Bertz CT molecular complexity index is 1880. The minimum absolute atomic E-state index is 0.0385. The molecule has 0 spiro atoms. The minimum Gasteiger partial charge on any atom is -0.443 e. The Kier molecular flexibility index (Phi) is 7.26. The number of aryl methyl sites for hydroxylation is 1. The Balaban J connectivity index is 1.78. The average Bonchev–Trinajstić information content (AvgIpc) is 3.55. The van der Waals surface area contributed by atoms with Crippen LogP contribution in [0.5, 0.6) is 0 Å². The largest absolute Gasteiger partial charge is 0.443 e. The molecule has 1 N–H and O–H groups in total. The number of oxazole rings is 1. The van der Waals surface area contributed by atoms with Crippen LogP contribution in [0.15, 0.2) is 76.5 Å². The molecule has 7 nitrogen and oxygen atoms in total. The molecule has 212 valence electrons. The van der Waals surface area contributed by atoms with Crippen molar-refractivity contribution in [2.24, 2.45) is 0 Å². The van der Waals surface area contributed by atoms with Gasteiger partial charge in [0.25, 0.3) is 0 Å². The molecule has 2 aromatic heterocycles.